The van der Waals surface area contributed by atoms with Crippen molar-refractivity contribution in [1.82, 2.24) is 0 Å². The monoisotopic (exact) mass is 530 g/mol. The Morgan fingerprint density at radius 3 is 2.13 bits per heavy atom. The highest BCUT2D eigenvalue weighted by molar-refractivity contribution is 14.1. The van der Waals surface area contributed by atoms with E-state index in [-0.39, 0.29) is 5.70 Å². The van der Waals surface area contributed by atoms with Crippen LogP contribution in [-0.4, -0.2) is 11.8 Å². The van der Waals surface area contributed by atoms with Crippen molar-refractivity contribution in [2.75, 3.05) is 10.2 Å². The highest BCUT2D eigenvalue weighted by atomic mass is 127. The molecule has 0 unspecified atom stereocenters. The van der Waals surface area contributed by atoms with Crippen LogP contribution < -0.4 is 10.2 Å². The van der Waals surface area contributed by atoms with E-state index in [2.05, 4.69) is 27.9 Å². The maximum atomic E-state index is 13.3. The maximum Gasteiger partial charge on any atom is 0.283 e. The third-order valence-corrected chi connectivity index (χ3v) is 6.29. The lowest BCUT2D eigenvalue weighted by atomic mass is 10.2. The summed E-state index contributed by atoms with van der Waals surface area (Å²) >= 11 is 3.43. The van der Waals surface area contributed by atoms with E-state index in [1.54, 1.807) is 0 Å². The fourth-order valence-electron chi connectivity index (χ4n) is 2.94. The molecular weight excluding hydrogens is 514 g/mol. The van der Waals surface area contributed by atoms with E-state index in [0.29, 0.717) is 16.3 Å². The lowest BCUT2D eigenvalue weighted by Gasteiger charge is -2.15. The third-order valence-electron chi connectivity index (χ3n) is 4.48. The summed E-state index contributed by atoms with van der Waals surface area (Å²) in [5.41, 5.74) is 2.34. The van der Waals surface area contributed by atoms with Crippen molar-refractivity contribution < 1.29 is 14.0 Å². The second kappa shape index (κ2) is 8.61. The van der Waals surface area contributed by atoms with Crippen molar-refractivity contribution in [3.05, 3.63) is 98.3 Å². The Morgan fingerprint density at radius 2 is 1.50 bits per heavy atom. The number of amides is 2. The molecule has 0 aromatic heterocycles. The minimum atomic E-state index is -0.472. The second-order valence-corrected chi connectivity index (χ2v) is 9.00. The van der Waals surface area contributed by atoms with Gasteiger partial charge in [0.1, 0.15) is 16.4 Å². The number of benzene rings is 3. The smallest absolute Gasteiger partial charge is 0.283 e. The first-order valence-corrected chi connectivity index (χ1v) is 11.0. The minimum Gasteiger partial charge on any atom is -0.350 e. The molecule has 2 amide bonds. The largest absolute Gasteiger partial charge is 0.350 e. The van der Waals surface area contributed by atoms with E-state index in [1.807, 2.05) is 55.5 Å². The number of nitrogens with zero attached hydrogens (tertiary/aromatic N) is 1. The van der Waals surface area contributed by atoms with Crippen molar-refractivity contribution >= 4 is 57.5 Å². The van der Waals surface area contributed by atoms with Crippen LogP contribution in [0.2, 0.25) is 0 Å². The van der Waals surface area contributed by atoms with Gasteiger partial charge in [-0.1, -0.05) is 29.5 Å². The molecule has 0 atom stereocenters. The predicted molar refractivity (Wildman–Crippen MR) is 126 cm³/mol. The van der Waals surface area contributed by atoms with E-state index < -0.39 is 17.6 Å². The molecule has 1 aliphatic heterocycles. The van der Waals surface area contributed by atoms with Crippen LogP contribution in [0.1, 0.15) is 5.56 Å². The minimum absolute atomic E-state index is 0.205. The Morgan fingerprint density at radius 1 is 0.867 bits per heavy atom. The zero-order chi connectivity index (χ0) is 21.3. The van der Waals surface area contributed by atoms with Crippen LogP contribution in [0.15, 0.2) is 88.3 Å². The fraction of sp³-hybridized carbons (Fsp3) is 0.0435. The van der Waals surface area contributed by atoms with Gasteiger partial charge in [0.2, 0.25) is 0 Å². The molecule has 0 bridgehead atoms. The number of hydrogen-bond acceptors (Lipinski definition) is 4. The van der Waals surface area contributed by atoms with E-state index in [9.17, 15) is 14.0 Å². The molecule has 150 valence electrons. The van der Waals surface area contributed by atoms with E-state index >= 15 is 0 Å². The van der Waals surface area contributed by atoms with Crippen LogP contribution in [0.3, 0.4) is 0 Å². The summed E-state index contributed by atoms with van der Waals surface area (Å²) < 4.78 is 14.4. The molecule has 30 heavy (non-hydrogen) atoms. The van der Waals surface area contributed by atoms with Gasteiger partial charge in [-0.05, 0) is 90.2 Å². The van der Waals surface area contributed by atoms with Crippen LogP contribution in [0, 0.1) is 16.3 Å². The van der Waals surface area contributed by atoms with Crippen LogP contribution in [0.4, 0.5) is 15.8 Å². The summed E-state index contributed by atoms with van der Waals surface area (Å²) in [7, 11) is 0. The maximum absolute atomic E-state index is 13.3. The Labute approximate surface area is 191 Å². The van der Waals surface area contributed by atoms with Crippen molar-refractivity contribution in [2.24, 2.45) is 0 Å². The quantitative estimate of drug-likeness (QED) is 0.339. The molecule has 3 aromatic carbocycles. The van der Waals surface area contributed by atoms with Crippen LogP contribution in [0.25, 0.3) is 0 Å². The van der Waals surface area contributed by atoms with Gasteiger partial charge in [0.25, 0.3) is 11.8 Å². The Kier molecular flexibility index (Phi) is 5.92. The van der Waals surface area contributed by atoms with E-state index in [4.69, 9.17) is 0 Å². The van der Waals surface area contributed by atoms with Crippen molar-refractivity contribution in [3.8, 4) is 0 Å². The van der Waals surface area contributed by atoms with Crippen LogP contribution in [-0.2, 0) is 9.59 Å². The van der Waals surface area contributed by atoms with Crippen molar-refractivity contribution in [3.63, 3.8) is 0 Å². The number of hydrogen-bond donors (Lipinski definition) is 1. The van der Waals surface area contributed by atoms with Crippen molar-refractivity contribution in [2.45, 2.75) is 11.8 Å². The predicted octanol–water partition coefficient (Wildman–Crippen LogP) is 5.73. The molecule has 1 aliphatic rings. The molecule has 4 rings (SSSR count). The number of anilines is 2. The molecule has 0 spiro atoms. The SMILES string of the molecule is Cc1ccc(SC2=C(Nc3ccc(I)cc3)C(=O)N(c3ccc(F)cc3)C2=O)cc1. The molecule has 0 fully saturated rings. The summed E-state index contributed by atoms with van der Waals surface area (Å²) in [5.74, 6) is -1.35. The summed E-state index contributed by atoms with van der Waals surface area (Å²) in [6.07, 6.45) is 0. The normalized spacial score (nSPS) is 13.9. The summed E-state index contributed by atoms with van der Waals surface area (Å²) in [4.78, 5) is 28.6. The topological polar surface area (TPSA) is 49.4 Å². The average Bonchev–Trinajstić information content (AvgIpc) is 2.96. The number of imide groups is 1. The molecule has 0 aliphatic carbocycles. The Hall–Kier alpha value is -2.65. The number of rotatable bonds is 5. The summed E-state index contributed by atoms with van der Waals surface area (Å²) in [6, 6.07) is 20.6. The summed E-state index contributed by atoms with van der Waals surface area (Å²) in [5, 5.41) is 3.11. The van der Waals surface area contributed by atoms with Gasteiger partial charge in [0.05, 0.1) is 5.69 Å². The molecule has 1 heterocycles. The molecule has 1 N–H and O–H groups in total. The Balaban J connectivity index is 1.73. The molecule has 7 heteroatoms. The molecule has 0 saturated heterocycles. The first-order valence-electron chi connectivity index (χ1n) is 9.08. The molecule has 4 nitrogen and oxygen atoms in total. The van der Waals surface area contributed by atoms with Crippen molar-refractivity contribution in [1.29, 1.82) is 0 Å². The number of carbonyl (C=O) groups excluding carboxylic acids is 2. The lowest BCUT2D eigenvalue weighted by molar-refractivity contribution is -0.120. The molecule has 3 aromatic rings. The van der Waals surface area contributed by atoms with Gasteiger partial charge in [0, 0.05) is 14.2 Å². The highest BCUT2D eigenvalue weighted by Crippen LogP contribution is 2.38. The standard InChI is InChI=1S/C23H16FIN2O2S/c1-14-2-12-19(13-3-14)30-21-20(26-17-8-6-16(25)7-9-17)22(28)27(23(21)29)18-10-4-15(24)5-11-18/h2-13,26H,1H3. The zero-order valence-electron chi connectivity index (χ0n) is 15.9. The van der Waals surface area contributed by atoms with Gasteiger partial charge in [0.15, 0.2) is 0 Å². The first-order chi connectivity index (χ1) is 14.4. The zero-order valence-corrected chi connectivity index (χ0v) is 18.8. The average molecular weight is 530 g/mol. The summed E-state index contributed by atoms with van der Waals surface area (Å²) in [6.45, 7) is 1.98. The van der Waals surface area contributed by atoms with Gasteiger partial charge in [-0.15, -0.1) is 0 Å². The lowest BCUT2D eigenvalue weighted by Crippen LogP contribution is -2.32. The van der Waals surface area contributed by atoms with Gasteiger partial charge < -0.3 is 5.32 Å². The van der Waals surface area contributed by atoms with Crippen LogP contribution in [0.5, 0.6) is 0 Å². The Bertz CT molecular complexity index is 1070. The molecular formula is C23H16FIN2O2S. The number of carbonyl (C=O) groups is 2. The van der Waals surface area contributed by atoms with Gasteiger partial charge >= 0.3 is 0 Å². The molecule has 0 saturated carbocycles. The molecule has 0 radical (unpaired) electrons. The van der Waals surface area contributed by atoms with Gasteiger partial charge in [-0.2, -0.15) is 0 Å². The highest BCUT2D eigenvalue weighted by Gasteiger charge is 2.40. The van der Waals surface area contributed by atoms with E-state index in [1.165, 1.54) is 36.0 Å². The number of thioether (sulfide) groups is 1. The number of aryl methyl sites for hydroxylation is 1. The fourth-order valence-corrected chi connectivity index (χ4v) is 4.23. The number of halogens is 2. The van der Waals surface area contributed by atoms with Crippen LogP contribution >= 0.6 is 34.4 Å². The van der Waals surface area contributed by atoms with Gasteiger partial charge in [-0.25, -0.2) is 9.29 Å². The first kappa shape index (κ1) is 20.6. The number of nitrogens with one attached hydrogen (secondary N) is 1. The third kappa shape index (κ3) is 4.27. The van der Waals surface area contributed by atoms with E-state index in [0.717, 1.165) is 18.9 Å². The van der Waals surface area contributed by atoms with Gasteiger partial charge in [-0.3, -0.25) is 9.59 Å². The second-order valence-electron chi connectivity index (χ2n) is 6.67.